The van der Waals surface area contributed by atoms with Gasteiger partial charge in [0.1, 0.15) is 6.54 Å². The van der Waals surface area contributed by atoms with Crippen LogP contribution >= 0.6 is 15.9 Å². The molecule has 2 amide bonds. The summed E-state index contributed by atoms with van der Waals surface area (Å²) in [7, 11) is 0. The fourth-order valence-electron chi connectivity index (χ4n) is 4.17. The molecule has 1 N–H and O–H groups in total. The summed E-state index contributed by atoms with van der Waals surface area (Å²) in [6, 6.07) is 15.1. The summed E-state index contributed by atoms with van der Waals surface area (Å²) < 4.78 is 6.78. The van der Waals surface area contributed by atoms with Crippen molar-refractivity contribution in [3.05, 3.63) is 64.3 Å². The minimum atomic E-state index is -0.317. The molecule has 1 heterocycles. The minimum Gasteiger partial charge on any atom is -0.449 e. The maximum absolute atomic E-state index is 13.3. The molecule has 6 heteroatoms. The van der Waals surface area contributed by atoms with Crippen LogP contribution in [0, 0.1) is 0 Å². The highest BCUT2D eigenvalue weighted by atomic mass is 79.9. The van der Waals surface area contributed by atoms with Crippen LogP contribution in [0.4, 0.5) is 5.69 Å². The SMILES string of the molecule is O=C(CN1C(=O)C(=Cc2ccccc2Br)Oc2ccccc21)NC1CCCCCCC1. The number of ether oxygens (including phenoxy) is 1. The largest absolute Gasteiger partial charge is 0.449 e. The second kappa shape index (κ2) is 10.1. The normalized spacial score (nSPS) is 18.7. The first-order valence-corrected chi connectivity index (χ1v) is 11.8. The van der Waals surface area contributed by atoms with E-state index in [2.05, 4.69) is 21.2 Å². The molecule has 0 spiro atoms. The van der Waals surface area contributed by atoms with Crippen LogP contribution in [0.5, 0.6) is 5.75 Å². The van der Waals surface area contributed by atoms with E-state index in [1.807, 2.05) is 48.5 Å². The van der Waals surface area contributed by atoms with Crippen LogP contribution in [0.15, 0.2) is 58.8 Å². The molecule has 1 aliphatic heterocycles. The van der Waals surface area contributed by atoms with Gasteiger partial charge < -0.3 is 10.1 Å². The third-order valence-electron chi connectivity index (χ3n) is 5.80. The second-order valence-electron chi connectivity index (χ2n) is 8.10. The number of hydrogen-bond acceptors (Lipinski definition) is 3. The Bertz CT molecular complexity index is 980. The standard InChI is InChI=1S/C25H27BrN2O3/c26-20-13-7-6-10-18(20)16-23-25(30)28(21-14-8-9-15-22(21)31-23)17-24(29)27-19-11-4-2-1-3-5-12-19/h6-10,13-16,19H,1-5,11-12,17H2,(H,27,29). The van der Waals surface area contributed by atoms with Crippen molar-refractivity contribution in [3.63, 3.8) is 0 Å². The van der Waals surface area contributed by atoms with E-state index in [0.29, 0.717) is 11.4 Å². The first kappa shape index (κ1) is 21.6. The van der Waals surface area contributed by atoms with Crippen molar-refractivity contribution in [1.29, 1.82) is 0 Å². The third kappa shape index (κ3) is 5.37. The minimum absolute atomic E-state index is 0.0248. The van der Waals surface area contributed by atoms with Gasteiger partial charge in [0.25, 0.3) is 5.91 Å². The Balaban J connectivity index is 1.54. The zero-order chi connectivity index (χ0) is 21.6. The van der Waals surface area contributed by atoms with Crippen LogP contribution < -0.4 is 15.0 Å². The van der Waals surface area contributed by atoms with Crippen molar-refractivity contribution < 1.29 is 14.3 Å². The lowest BCUT2D eigenvalue weighted by Gasteiger charge is -2.31. The molecular weight excluding hydrogens is 456 g/mol. The van der Waals surface area contributed by atoms with Crippen molar-refractivity contribution in [2.75, 3.05) is 11.4 Å². The van der Waals surface area contributed by atoms with E-state index in [9.17, 15) is 9.59 Å². The van der Waals surface area contributed by atoms with Gasteiger partial charge in [-0.05, 0) is 42.7 Å². The monoisotopic (exact) mass is 482 g/mol. The molecular formula is C25H27BrN2O3. The molecule has 0 atom stereocenters. The van der Waals surface area contributed by atoms with Gasteiger partial charge >= 0.3 is 0 Å². The smallest absolute Gasteiger partial charge is 0.294 e. The molecule has 0 aromatic heterocycles. The lowest BCUT2D eigenvalue weighted by atomic mass is 9.97. The number of amides is 2. The first-order chi connectivity index (χ1) is 15.1. The van der Waals surface area contributed by atoms with Crippen LogP contribution in [0.1, 0.15) is 50.5 Å². The fraction of sp³-hybridized carbons (Fsp3) is 0.360. The van der Waals surface area contributed by atoms with E-state index in [1.54, 1.807) is 6.08 Å². The van der Waals surface area contributed by atoms with Gasteiger partial charge in [-0.3, -0.25) is 14.5 Å². The first-order valence-electron chi connectivity index (χ1n) is 11.0. The molecule has 1 fully saturated rings. The third-order valence-corrected chi connectivity index (χ3v) is 6.52. The number of anilines is 1. The Morgan fingerprint density at radius 1 is 1.03 bits per heavy atom. The van der Waals surface area contributed by atoms with Gasteiger partial charge in [-0.1, -0.05) is 78.4 Å². The maximum atomic E-state index is 13.3. The van der Waals surface area contributed by atoms with Crippen molar-refractivity contribution in [1.82, 2.24) is 5.32 Å². The van der Waals surface area contributed by atoms with Gasteiger partial charge in [0, 0.05) is 10.5 Å². The molecule has 2 aliphatic rings. The van der Waals surface area contributed by atoms with Crippen molar-refractivity contribution >= 4 is 39.5 Å². The predicted molar refractivity (Wildman–Crippen MR) is 126 cm³/mol. The van der Waals surface area contributed by atoms with Crippen LogP contribution in [-0.4, -0.2) is 24.4 Å². The Morgan fingerprint density at radius 3 is 2.48 bits per heavy atom. The maximum Gasteiger partial charge on any atom is 0.294 e. The van der Waals surface area contributed by atoms with Crippen molar-refractivity contribution in [2.24, 2.45) is 0 Å². The number of hydrogen-bond donors (Lipinski definition) is 1. The van der Waals surface area contributed by atoms with Crippen molar-refractivity contribution in [2.45, 2.75) is 51.0 Å². The number of carbonyl (C=O) groups excluding carboxylic acids is 2. The summed E-state index contributed by atoms with van der Waals surface area (Å²) >= 11 is 3.51. The van der Waals surface area contributed by atoms with E-state index in [4.69, 9.17) is 4.74 Å². The highest BCUT2D eigenvalue weighted by molar-refractivity contribution is 9.10. The van der Waals surface area contributed by atoms with Gasteiger partial charge in [0.2, 0.25) is 5.91 Å². The van der Waals surface area contributed by atoms with E-state index >= 15 is 0 Å². The summed E-state index contributed by atoms with van der Waals surface area (Å²) in [4.78, 5) is 27.7. The number of benzene rings is 2. The molecule has 2 aromatic rings. The van der Waals surface area contributed by atoms with E-state index in [1.165, 1.54) is 24.2 Å². The number of halogens is 1. The fourth-order valence-corrected chi connectivity index (χ4v) is 4.57. The molecule has 0 bridgehead atoms. The average Bonchev–Trinajstić information content (AvgIpc) is 2.74. The average molecular weight is 483 g/mol. The summed E-state index contributed by atoms with van der Waals surface area (Å²) in [6.07, 6.45) is 9.75. The molecule has 162 valence electrons. The molecule has 0 saturated heterocycles. The molecule has 0 radical (unpaired) electrons. The molecule has 0 unspecified atom stereocenters. The lowest BCUT2D eigenvalue weighted by molar-refractivity contribution is -0.124. The number of rotatable bonds is 4. The van der Waals surface area contributed by atoms with Gasteiger partial charge in [-0.15, -0.1) is 0 Å². The highest BCUT2D eigenvalue weighted by Crippen LogP contribution is 2.36. The predicted octanol–water partition coefficient (Wildman–Crippen LogP) is 5.44. The zero-order valence-electron chi connectivity index (χ0n) is 17.5. The van der Waals surface area contributed by atoms with Crippen LogP contribution in [0.25, 0.3) is 6.08 Å². The Morgan fingerprint density at radius 2 is 1.71 bits per heavy atom. The Kier molecular flexibility index (Phi) is 7.07. The number of fused-ring (bicyclic) bond motifs is 1. The Hall–Kier alpha value is -2.60. The van der Waals surface area contributed by atoms with Crippen LogP contribution in [-0.2, 0) is 9.59 Å². The number of carbonyl (C=O) groups is 2. The molecule has 1 saturated carbocycles. The van der Waals surface area contributed by atoms with Gasteiger partial charge in [0.15, 0.2) is 11.5 Å². The Labute approximate surface area is 191 Å². The topological polar surface area (TPSA) is 58.6 Å². The summed E-state index contributed by atoms with van der Waals surface area (Å²) in [5, 5.41) is 3.16. The van der Waals surface area contributed by atoms with Gasteiger partial charge in [-0.25, -0.2) is 0 Å². The molecule has 4 rings (SSSR count). The molecule has 2 aromatic carbocycles. The van der Waals surface area contributed by atoms with Crippen LogP contribution in [0.2, 0.25) is 0 Å². The second-order valence-corrected chi connectivity index (χ2v) is 8.96. The highest BCUT2D eigenvalue weighted by Gasteiger charge is 2.32. The molecule has 5 nitrogen and oxygen atoms in total. The molecule has 31 heavy (non-hydrogen) atoms. The summed E-state index contributed by atoms with van der Waals surface area (Å²) in [5.41, 5.74) is 1.45. The number of para-hydroxylation sites is 2. The summed E-state index contributed by atoms with van der Waals surface area (Å²) in [6.45, 7) is -0.0248. The van der Waals surface area contributed by atoms with E-state index < -0.39 is 0 Å². The van der Waals surface area contributed by atoms with Crippen molar-refractivity contribution in [3.8, 4) is 5.75 Å². The van der Waals surface area contributed by atoms with E-state index in [0.717, 1.165) is 35.7 Å². The number of nitrogens with one attached hydrogen (secondary N) is 1. The van der Waals surface area contributed by atoms with Crippen LogP contribution in [0.3, 0.4) is 0 Å². The zero-order valence-corrected chi connectivity index (χ0v) is 19.1. The molecule has 1 aliphatic carbocycles. The summed E-state index contributed by atoms with van der Waals surface area (Å²) in [5.74, 6) is 0.321. The van der Waals surface area contributed by atoms with Gasteiger partial charge in [-0.2, -0.15) is 0 Å². The van der Waals surface area contributed by atoms with Gasteiger partial charge in [0.05, 0.1) is 5.69 Å². The lowest BCUT2D eigenvalue weighted by Crippen LogP contribution is -2.46. The van der Waals surface area contributed by atoms with E-state index in [-0.39, 0.29) is 30.2 Å². The number of nitrogens with zero attached hydrogens (tertiary/aromatic N) is 1. The quantitative estimate of drug-likeness (QED) is 0.589.